The van der Waals surface area contributed by atoms with Crippen molar-refractivity contribution in [2.45, 2.75) is 52.5 Å². The van der Waals surface area contributed by atoms with Gasteiger partial charge in [0.05, 0.1) is 0 Å². The van der Waals surface area contributed by atoms with Crippen molar-refractivity contribution < 1.29 is 14.6 Å². The predicted octanol–water partition coefficient (Wildman–Crippen LogP) is 2.28. The number of carboxylic acids is 1. The Balaban J connectivity index is 3.51. The summed E-state index contributed by atoms with van der Waals surface area (Å²) >= 11 is 0. The summed E-state index contributed by atoms with van der Waals surface area (Å²) in [4.78, 5) is 10.9. The highest BCUT2D eigenvalue weighted by Gasteiger charge is 2.15. The summed E-state index contributed by atoms with van der Waals surface area (Å²) < 4.78 is 5.44. The monoisotopic (exact) mass is 245 g/mol. The molecule has 1 unspecified atom stereocenters. The van der Waals surface area contributed by atoms with Gasteiger partial charge in [-0.05, 0) is 38.1 Å². The van der Waals surface area contributed by atoms with Crippen LogP contribution in [-0.4, -0.2) is 36.9 Å². The lowest BCUT2D eigenvalue weighted by atomic mass is 10.1. The second-order valence-electron chi connectivity index (χ2n) is 4.78. The first-order chi connectivity index (χ1) is 8.07. The molecule has 0 saturated heterocycles. The number of rotatable bonds is 11. The van der Waals surface area contributed by atoms with Gasteiger partial charge < -0.3 is 15.2 Å². The molecule has 0 bridgehead atoms. The van der Waals surface area contributed by atoms with E-state index in [0.717, 1.165) is 32.4 Å². The van der Waals surface area contributed by atoms with Gasteiger partial charge in [-0.25, -0.2) is 0 Å². The van der Waals surface area contributed by atoms with Gasteiger partial charge in [0.15, 0.2) is 0 Å². The van der Waals surface area contributed by atoms with E-state index in [-0.39, 0.29) is 0 Å². The van der Waals surface area contributed by atoms with E-state index in [1.54, 1.807) is 0 Å². The van der Waals surface area contributed by atoms with Gasteiger partial charge in [-0.2, -0.15) is 0 Å². The van der Waals surface area contributed by atoms with Gasteiger partial charge in [0.1, 0.15) is 6.04 Å². The Morgan fingerprint density at radius 2 is 2.00 bits per heavy atom. The molecule has 0 heterocycles. The fraction of sp³-hybridized carbons (Fsp3) is 0.923. The Hall–Kier alpha value is -0.610. The molecule has 0 radical (unpaired) electrons. The third-order valence-corrected chi connectivity index (χ3v) is 2.56. The molecule has 4 heteroatoms. The van der Waals surface area contributed by atoms with Gasteiger partial charge in [0, 0.05) is 13.2 Å². The third-order valence-electron chi connectivity index (χ3n) is 2.56. The van der Waals surface area contributed by atoms with Gasteiger partial charge in [-0.1, -0.05) is 20.8 Å². The van der Waals surface area contributed by atoms with Crippen LogP contribution in [0, 0.1) is 5.92 Å². The van der Waals surface area contributed by atoms with E-state index in [2.05, 4.69) is 19.2 Å². The first-order valence-electron chi connectivity index (χ1n) is 6.61. The van der Waals surface area contributed by atoms with Gasteiger partial charge >= 0.3 is 5.97 Å². The van der Waals surface area contributed by atoms with Gasteiger partial charge in [-0.15, -0.1) is 0 Å². The second-order valence-corrected chi connectivity index (χ2v) is 4.78. The molecule has 0 aliphatic heterocycles. The summed E-state index contributed by atoms with van der Waals surface area (Å²) in [5.74, 6) is -0.0826. The quantitative estimate of drug-likeness (QED) is 0.548. The number of carboxylic acid groups (broad SMARTS) is 1. The van der Waals surface area contributed by atoms with Gasteiger partial charge in [0.25, 0.3) is 0 Å². The number of hydrogen-bond acceptors (Lipinski definition) is 3. The fourth-order valence-electron chi connectivity index (χ4n) is 1.53. The largest absolute Gasteiger partial charge is 0.480 e. The topological polar surface area (TPSA) is 58.6 Å². The molecule has 0 aliphatic rings. The second kappa shape index (κ2) is 10.5. The highest BCUT2D eigenvalue weighted by molar-refractivity contribution is 5.73. The van der Waals surface area contributed by atoms with E-state index in [1.165, 1.54) is 0 Å². The van der Waals surface area contributed by atoms with Crippen LogP contribution in [0.25, 0.3) is 0 Å². The van der Waals surface area contributed by atoms with Crippen LogP contribution in [0.1, 0.15) is 46.5 Å². The zero-order chi connectivity index (χ0) is 13.1. The van der Waals surface area contributed by atoms with Crippen LogP contribution in [0.5, 0.6) is 0 Å². The molecule has 0 rings (SSSR count). The molecule has 0 saturated carbocycles. The molecule has 0 aromatic heterocycles. The van der Waals surface area contributed by atoms with Crippen LogP contribution in [0.4, 0.5) is 0 Å². The van der Waals surface area contributed by atoms with Crippen LogP contribution in [-0.2, 0) is 9.53 Å². The van der Waals surface area contributed by atoms with Crippen LogP contribution in [0.3, 0.4) is 0 Å². The van der Waals surface area contributed by atoms with Crippen molar-refractivity contribution in [3.63, 3.8) is 0 Å². The van der Waals surface area contributed by atoms with E-state index in [1.807, 2.05) is 6.92 Å². The van der Waals surface area contributed by atoms with E-state index in [0.29, 0.717) is 18.9 Å². The van der Waals surface area contributed by atoms with Crippen molar-refractivity contribution in [2.75, 3.05) is 19.8 Å². The maximum atomic E-state index is 10.9. The molecule has 0 amide bonds. The summed E-state index contributed by atoms with van der Waals surface area (Å²) in [6.07, 6.45) is 3.70. The highest BCUT2D eigenvalue weighted by atomic mass is 16.5. The Bertz CT molecular complexity index is 195. The third kappa shape index (κ3) is 10.3. The number of ether oxygens (including phenoxy) is 1. The first kappa shape index (κ1) is 16.4. The molecular weight excluding hydrogens is 218 g/mol. The molecule has 102 valence electrons. The molecule has 2 N–H and O–H groups in total. The predicted molar refractivity (Wildman–Crippen MR) is 69.2 cm³/mol. The minimum atomic E-state index is -0.788. The van der Waals surface area contributed by atoms with Crippen molar-refractivity contribution in [3.05, 3.63) is 0 Å². The molecule has 1 atom stereocenters. The summed E-state index contributed by atoms with van der Waals surface area (Å²) in [5.41, 5.74) is 0. The molecule has 17 heavy (non-hydrogen) atoms. The molecule has 0 aromatic rings. The average molecular weight is 245 g/mol. The average Bonchev–Trinajstić information content (AvgIpc) is 2.26. The Labute approximate surface area is 105 Å². The van der Waals surface area contributed by atoms with Gasteiger partial charge in [0.2, 0.25) is 0 Å². The Morgan fingerprint density at radius 1 is 1.29 bits per heavy atom. The fourth-order valence-corrected chi connectivity index (χ4v) is 1.53. The van der Waals surface area contributed by atoms with E-state index < -0.39 is 12.0 Å². The summed E-state index contributed by atoms with van der Waals surface area (Å²) in [6, 6.07) is -0.472. The maximum absolute atomic E-state index is 10.9. The van der Waals surface area contributed by atoms with Crippen LogP contribution in [0.2, 0.25) is 0 Å². The SMILES string of the molecule is CCCNC(CCOCCCC(C)C)C(=O)O. The first-order valence-corrected chi connectivity index (χ1v) is 6.61. The molecule has 0 aliphatic carbocycles. The number of aliphatic carboxylic acids is 1. The summed E-state index contributed by atoms with van der Waals surface area (Å²) in [5, 5.41) is 12.0. The lowest BCUT2D eigenvalue weighted by Crippen LogP contribution is -2.38. The van der Waals surface area contributed by atoms with E-state index in [9.17, 15) is 4.79 Å². The van der Waals surface area contributed by atoms with Crippen LogP contribution < -0.4 is 5.32 Å². The molecule has 4 nitrogen and oxygen atoms in total. The molecule has 0 aromatic carbocycles. The smallest absolute Gasteiger partial charge is 0.320 e. The Morgan fingerprint density at radius 3 is 2.53 bits per heavy atom. The van der Waals surface area contributed by atoms with Crippen molar-refractivity contribution in [3.8, 4) is 0 Å². The summed E-state index contributed by atoms with van der Waals surface area (Å²) in [6.45, 7) is 8.40. The van der Waals surface area contributed by atoms with E-state index >= 15 is 0 Å². The van der Waals surface area contributed by atoms with Crippen LogP contribution in [0.15, 0.2) is 0 Å². The lowest BCUT2D eigenvalue weighted by molar-refractivity contribution is -0.140. The Kier molecular flexibility index (Phi) is 10.2. The number of hydrogen-bond donors (Lipinski definition) is 2. The zero-order valence-electron chi connectivity index (χ0n) is 11.4. The number of carbonyl (C=O) groups is 1. The molecule has 0 spiro atoms. The standard InChI is InChI=1S/C13H27NO3/c1-4-8-14-12(13(15)16)7-10-17-9-5-6-11(2)3/h11-12,14H,4-10H2,1-3H3,(H,15,16). The van der Waals surface area contributed by atoms with Crippen molar-refractivity contribution >= 4 is 5.97 Å². The molecule has 0 fully saturated rings. The van der Waals surface area contributed by atoms with Gasteiger partial charge in [-0.3, -0.25) is 4.79 Å². The van der Waals surface area contributed by atoms with Crippen molar-refractivity contribution in [1.82, 2.24) is 5.32 Å². The van der Waals surface area contributed by atoms with Crippen molar-refractivity contribution in [2.24, 2.45) is 5.92 Å². The number of nitrogens with one attached hydrogen (secondary N) is 1. The van der Waals surface area contributed by atoms with Crippen molar-refractivity contribution in [1.29, 1.82) is 0 Å². The normalized spacial score (nSPS) is 12.9. The van der Waals surface area contributed by atoms with E-state index in [4.69, 9.17) is 9.84 Å². The molecular formula is C13H27NO3. The minimum Gasteiger partial charge on any atom is -0.480 e. The minimum absolute atomic E-state index is 0.472. The lowest BCUT2D eigenvalue weighted by Gasteiger charge is -2.14. The zero-order valence-corrected chi connectivity index (χ0v) is 11.4. The maximum Gasteiger partial charge on any atom is 0.320 e. The highest BCUT2D eigenvalue weighted by Crippen LogP contribution is 2.03. The van der Waals surface area contributed by atoms with Crippen LogP contribution >= 0.6 is 0 Å². The summed E-state index contributed by atoms with van der Waals surface area (Å²) in [7, 11) is 0.